The summed E-state index contributed by atoms with van der Waals surface area (Å²) in [6.07, 6.45) is 0. The average molecular weight is 304 g/mol. The number of ether oxygens (including phenoxy) is 1. The summed E-state index contributed by atoms with van der Waals surface area (Å²) in [4.78, 5) is 0. The fraction of sp³-hybridized carbons (Fsp3) is 0.333. The van der Waals surface area contributed by atoms with Gasteiger partial charge >= 0.3 is 0 Å². The number of benzene rings is 2. The Bertz CT molecular complexity index is 623. The summed E-state index contributed by atoms with van der Waals surface area (Å²) < 4.78 is 6.08. The molecule has 0 aliphatic rings. The van der Waals surface area contributed by atoms with Crippen molar-refractivity contribution < 1.29 is 4.74 Å². The van der Waals surface area contributed by atoms with Crippen LogP contribution >= 0.6 is 11.6 Å². The van der Waals surface area contributed by atoms with Gasteiger partial charge in [0, 0.05) is 23.2 Å². The molecule has 0 bridgehead atoms. The number of aryl methyl sites for hydroxylation is 2. The zero-order chi connectivity index (χ0) is 15.4. The number of hydrogen-bond donors (Lipinski definition) is 1. The Morgan fingerprint density at radius 3 is 2.43 bits per heavy atom. The third-order valence-electron chi connectivity index (χ3n) is 3.27. The van der Waals surface area contributed by atoms with Crippen LogP contribution in [0.25, 0.3) is 0 Å². The Morgan fingerprint density at radius 1 is 1.05 bits per heavy atom. The van der Waals surface area contributed by atoms with Crippen molar-refractivity contribution >= 4 is 11.6 Å². The molecule has 0 saturated heterocycles. The van der Waals surface area contributed by atoms with Gasteiger partial charge in [0.05, 0.1) is 0 Å². The maximum atomic E-state index is 6.10. The molecule has 0 fully saturated rings. The highest BCUT2D eigenvalue weighted by Crippen LogP contribution is 2.30. The minimum atomic E-state index is 0.415. The molecular formula is C18H22ClNO. The SMILES string of the molecule is Cc1ccc(Oc2ccc(Cl)cc2CNC(C)C)c(C)c1. The minimum absolute atomic E-state index is 0.415. The van der Waals surface area contributed by atoms with Gasteiger partial charge in [-0.15, -0.1) is 0 Å². The highest BCUT2D eigenvalue weighted by Gasteiger charge is 2.08. The predicted octanol–water partition coefficient (Wildman–Crippen LogP) is 5.25. The first-order valence-electron chi connectivity index (χ1n) is 7.22. The van der Waals surface area contributed by atoms with E-state index < -0.39 is 0 Å². The molecule has 0 atom stereocenters. The molecule has 0 heterocycles. The Kier molecular flexibility index (Phi) is 5.27. The molecule has 112 valence electrons. The Labute approximate surface area is 132 Å². The minimum Gasteiger partial charge on any atom is -0.457 e. The average Bonchev–Trinajstić information content (AvgIpc) is 2.41. The summed E-state index contributed by atoms with van der Waals surface area (Å²) in [5, 5.41) is 4.13. The molecule has 2 aromatic rings. The standard InChI is InChI=1S/C18H22ClNO/c1-12(2)20-11-15-10-16(19)6-8-18(15)21-17-7-5-13(3)9-14(17)4/h5-10,12,20H,11H2,1-4H3. The predicted molar refractivity (Wildman–Crippen MR) is 89.4 cm³/mol. The van der Waals surface area contributed by atoms with Gasteiger partial charge < -0.3 is 10.1 Å². The highest BCUT2D eigenvalue weighted by atomic mass is 35.5. The number of rotatable bonds is 5. The van der Waals surface area contributed by atoms with E-state index in [0.29, 0.717) is 6.04 Å². The van der Waals surface area contributed by atoms with E-state index in [1.165, 1.54) is 5.56 Å². The van der Waals surface area contributed by atoms with Crippen molar-refractivity contribution in [2.75, 3.05) is 0 Å². The molecule has 0 radical (unpaired) electrons. The molecule has 3 heteroatoms. The number of hydrogen-bond acceptors (Lipinski definition) is 2. The molecule has 21 heavy (non-hydrogen) atoms. The second-order valence-electron chi connectivity index (χ2n) is 5.66. The molecule has 0 saturated carbocycles. The largest absolute Gasteiger partial charge is 0.457 e. The van der Waals surface area contributed by atoms with Crippen LogP contribution in [0.5, 0.6) is 11.5 Å². The van der Waals surface area contributed by atoms with Gasteiger partial charge in [0.2, 0.25) is 0 Å². The van der Waals surface area contributed by atoms with E-state index in [0.717, 1.165) is 34.2 Å². The zero-order valence-corrected chi connectivity index (χ0v) is 13.8. The maximum Gasteiger partial charge on any atom is 0.132 e. The van der Waals surface area contributed by atoms with E-state index in [2.05, 4.69) is 45.1 Å². The topological polar surface area (TPSA) is 21.3 Å². The lowest BCUT2D eigenvalue weighted by molar-refractivity contribution is 0.466. The van der Waals surface area contributed by atoms with Crippen molar-refractivity contribution in [3.05, 3.63) is 58.1 Å². The van der Waals surface area contributed by atoms with Crippen LogP contribution in [-0.2, 0) is 6.54 Å². The van der Waals surface area contributed by atoms with E-state index in [-0.39, 0.29) is 0 Å². The Morgan fingerprint density at radius 2 is 1.76 bits per heavy atom. The molecule has 0 aromatic heterocycles. The number of halogens is 1. The first-order chi connectivity index (χ1) is 9.95. The lowest BCUT2D eigenvalue weighted by atomic mass is 10.1. The molecule has 2 nitrogen and oxygen atoms in total. The van der Waals surface area contributed by atoms with Crippen molar-refractivity contribution in [2.24, 2.45) is 0 Å². The van der Waals surface area contributed by atoms with Gasteiger partial charge in [0.25, 0.3) is 0 Å². The lowest BCUT2D eigenvalue weighted by Gasteiger charge is -2.15. The van der Waals surface area contributed by atoms with Crippen molar-refractivity contribution in [1.82, 2.24) is 5.32 Å². The van der Waals surface area contributed by atoms with Crippen LogP contribution in [0.2, 0.25) is 5.02 Å². The molecule has 2 aromatic carbocycles. The molecule has 0 amide bonds. The van der Waals surface area contributed by atoms with Gasteiger partial charge in [-0.2, -0.15) is 0 Å². The van der Waals surface area contributed by atoms with Gasteiger partial charge in [-0.25, -0.2) is 0 Å². The first kappa shape index (κ1) is 15.9. The molecule has 1 N–H and O–H groups in total. The second kappa shape index (κ2) is 6.97. The van der Waals surface area contributed by atoms with E-state index in [9.17, 15) is 0 Å². The Hall–Kier alpha value is -1.51. The first-order valence-corrected chi connectivity index (χ1v) is 7.60. The van der Waals surface area contributed by atoms with Crippen molar-refractivity contribution in [3.63, 3.8) is 0 Å². The van der Waals surface area contributed by atoms with Gasteiger partial charge in [0.15, 0.2) is 0 Å². The van der Waals surface area contributed by atoms with E-state index in [1.54, 1.807) is 0 Å². The van der Waals surface area contributed by atoms with Crippen LogP contribution in [0.1, 0.15) is 30.5 Å². The van der Waals surface area contributed by atoms with Crippen LogP contribution in [-0.4, -0.2) is 6.04 Å². The van der Waals surface area contributed by atoms with Crippen LogP contribution in [0, 0.1) is 13.8 Å². The van der Waals surface area contributed by atoms with Crippen LogP contribution in [0.4, 0.5) is 0 Å². The molecule has 0 spiro atoms. The molecule has 0 unspecified atom stereocenters. The fourth-order valence-corrected chi connectivity index (χ4v) is 2.33. The molecule has 0 aliphatic carbocycles. The summed E-state index contributed by atoms with van der Waals surface area (Å²) in [6, 6.07) is 12.4. The van der Waals surface area contributed by atoms with Gasteiger partial charge in [-0.3, -0.25) is 0 Å². The lowest BCUT2D eigenvalue weighted by Crippen LogP contribution is -2.22. The Balaban J connectivity index is 2.26. The van der Waals surface area contributed by atoms with E-state index in [1.807, 2.05) is 24.3 Å². The maximum absolute atomic E-state index is 6.10. The third kappa shape index (κ3) is 4.48. The third-order valence-corrected chi connectivity index (χ3v) is 3.51. The summed E-state index contributed by atoms with van der Waals surface area (Å²) in [7, 11) is 0. The number of nitrogens with one attached hydrogen (secondary N) is 1. The summed E-state index contributed by atoms with van der Waals surface area (Å²) in [5.41, 5.74) is 3.43. The van der Waals surface area contributed by atoms with Gasteiger partial charge in [0.1, 0.15) is 11.5 Å². The van der Waals surface area contributed by atoms with Crippen LogP contribution in [0.3, 0.4) is 0 Å². The van der Waals surface area contributed by atoms with Gasteiger partial charge in [-0.05, 0) is 43.7 Å². The summed E-state index contributed by atoms with van der Waals surface area (Å²) in [5.74, 6) is 1.73. The monoisotopic (exact) mass is 303 g/mol. The van der Waals surface area contributed by atoms with Crippen molar-refractivity contribution in [3.8, 4) is 11.5 Å². The zero-order valence-electron chi connectivity index (χ0n) is 13.0. The smallest absolute Gasteiger partial charge is 0.132 e. The highest BCUT2D eigenvalue weighted by molar-refractivity contribution is 6.30. The molecule has 0 aliphatic heterocycles. The summed E-state index contributed by atoms with van der Waals surface area (Å²) in [6.45, 7) is 9.12. The van der Waals surface area contributed by atoms with Crippen LogP contribution < -0.4 is 10.1 Å². The van der Waals surface area contributed by atoms with Crippen LogP contribution in [0.15, 0.2) is 36.4 Å². The fourth-order valence-electron chi connectivity index (χ4n) is 2.13. The quantitative estimate of drug-likeness (QED) is 0.815. The van der Waals surface area contributed by atoms with Crippen molar-refractivity contribution in [2.45, 2.75) is 40.3 Å². The molecule has 2 rings (SSSR count). The normalized spacial score (nSPS) is 11.0. The van der Waals surface area contributed by atoms with E-state index >= 15 is 0 Å². The summed E-state index contributed by atoms with van der Waals surface area (Å²) >= 11 is 6.10. The molecular weight excluding hydrogens is 282 g/mol. The second-order valence-corrected chi connectivity index (χ2v) is 6.10. The van der Waals surface area contributed by atoms with E-state index in [4.69, 9.17) is 16.3 Å². The van der Waals surface area contributed by atoms with Crippen molar-refractivity contribution in [1.29, 1.82) is 0 Å². The van der Waals surface area contributed by atoms with Gasteiger partial charge in [-0.1, -0.05) is 43.1 Å².